The zero-order chi connectivity index (χ0) is 39.0. The van der Waals surface area contributed by atoms with Crippen LogP contribution >= 0.6 is 0 Å². The third-order valence-corrected chi connectivity index (χ3v) is 11.8. The molecule has 0 bridgehead atoms. The standard InChI is InChI=1S/C40H67NO11/c1-12-33-30(20-48-39-24(5)23(4)36(46)27(8)49-39)17-21(2)13-14-31(43)22(3)18-29(15-16-42)38(25(6)32(44)19-34(45)51-33)52-40-26(7)35(41(10)11)37(47)28(9)50-40/h13-14,16-17,22-30,32-33,35-40,44,46-47H,12,15,18-20H2,1-11H3/b14-13+,21-17+/t22-,23+,24-,25+,26-,27-,28-,29+,30-,32-,33-,35-,36+,37-,38-,39-,40+/m1/s1. The van der Waals surface area contributed by atoms with Gasteiger partial charge in [0.15, 0.2) is 18.4 Å². The maximum Gasteiger partial charge on any atom is 0.308 e. The number of aliphatic hydroxyl groups is 3. The quantitative estimate of drug-likeness (QED) is 0.230. The van der Waals surface area contributed by atoms with Crippen molar-refractivity contribution in [2.75, 3.05) is 20.7 Å². The number of carbonyl (C=O) groups is 3. The number of cyclic esters (lactones) is 1. The van der Waals surface area contributed by atoms with Gasteiger partial charge in [-0.1, -0.05) is 59.3 Å². The van der Waals surface area contributed by atoms with Crippen molar-refractivity contribution in [1.82, 2.24) is 4.90 Å². The van der Waals surface area contributed by atoms with Gasteiger partial charge in [-0.05, 0) is 65.6 Å². The molecule has 0 aromatic heterocycles. The molecule has 0 aromatic rings. The van der Waals surface area contributed by atoms with Crippen LogP contribution in [0.4, 0.5) is 0 Å². The highest BCUT2D eigenvalue weighted by molar-refractivity contribution is 5.91. The number of aldehydes is 1. The van der Waals surface area contributed by atoms with Gasteiger partial charge in [0, 0.05) is 42.1 Å². The Balaban J connectivity index is 1.95. The minimum Gasteiger partial charge on any atom is -0.462 e. The normalized spacial score (nSPS) is 44.8. The Hall–Kier alpha value is -2.03. The summed E-state index contributed by atoms with van der Waals surface area (Å²) in [6.45, 7) is 17.0. The van der Waals surface area contributed by atoms with Crippen molar-refractivity contribution in [3.63, 3.8) is 0 Å². The number of allylic oxidation sites excluding steroid dienone is 3. The summed E-state index contributed by atoms with van der Waals surface area (Å²) in [6.07, 6.45) is 0.269. The molecule has 0 aromatic carbocycles. The van der Waals surface area contributed by atoms with E-state index in [2.05, 4.69) is 0 Å². The second-order valence-electron chi connectivity index (χ2n) is 16.0. The van der Waals surface area contributed by atoms with Gasteiger partial charge in [-0.15, -0.1) is 0 Å². The molecule has 0 unspecified atom stereocenters. The SMILES string of the molecule is CC[C@H]1OC(=O)C[C@@H](O)[C@H](C)[C@@H](O[C@@H]2O[C@H](C)[C@@H](O)[C@H](N(C)C)[C@H]2C)[C@@H](CC=O)C[C@@H](C)C(=O)/C=C/C(C)=C/[C@@H]1CO[C@@H]1O[C@H](C)[C@@H](O)[C@@H](C)[C@H]1C. The molecule has 0 radical (unpaired) electrons. The van der Waals surface area contributed by atoms with E-state index in [0.717, 1.165) is 11.9 Å². The van der Waals surface area contributed by atoms with Gasteiger partial charge in [0.1, 0.15) is 12.4 Å². The van der Waals surface area contributed by atoms with E-state index in [-0.39, 0.29) is 49.0 Å². The van der Waals surface area contributed by atoms with Crippen LogP contribution < -0.4 is 0 Å². The van der Waals surface area contributed by atoms with E-state index in [0.29, 0.717) is 12.8 Å². The highest BCUT2D eigenvalue weighted by Crippen LogP contribution is 2.37. The summed E-state index contributed by atoms with van der Waals surface area (Å²) in [5.41, 5.74) is 0.778. The zero-order valence-electron chi connectivity index (χ0n) is 33.2. The summed E-state index contributed by atoms with van der Waals surface area (Å²) >= 11 is 0. The molecule has 0 amide bonds. The van der Waals surface area contributed by atoms with Crippen LogP contribution in [-0.2, 0) is 38.1 Å². The Labute approximate surface area is 311 Å². The number of hydrogen-bond acceptors (Lipinski definition) is 12. The number of ether oxygens (including phenoxy) is 5. The number of ketones is 1. The molecule has 12 nitrogen and oxygen atoms in total. The fourth-order valence-corrected chi connectivity index (χ4v) is 8.07. The molecule has 3 rings (SSSR count). The minimum atomic E-state index is -1.20. The largest absolute Gasteiger partial charge is 0.462 e. The molecule has 3 N–H and O–H groups in total. The lowest BCUT2D eigenvalue weighted by atomic mass is 9.79. The molecule has 298 valence electrons. The predicted molar refractivity (Wildman–Crippen MR) is 196 cm³/mol. The second-order valence-corrected chi connectivity index (χ2v) is 16.0. The van der Waals surface area contributed by atoms with E-state index in [1.54, 1.807) is 19.9 Å². The van der Waals surface area contributed by atoms with Gasteiger partial charge >= 0.3 is 5.97 Å². The smallest absolute Gasteiger partial charge is 0.308 e. The monoisotopic (exact) mass is 737 g/mol. The third kappa shape index (κ3) is 11.3. The van der Waals surface area contributed by atoms with E-state index >= 15 is 0 Å². The molecule has 0 spiro atoms. The molecular formula is C40H67NO11. The van der Waals surface area contributed by atoms with Crippen LogP contribution in [0.3, 0.4) is 0 Å². The zero-order valence-corrected chi connectivity index (χ0v) is 33.2. The molecule has 3 heterocycles. The lowest BCUT2D eigenvalue weighted by molar-refractivity contribution is -0.287. The van der Waals surface area contributed by atoms with Crippen LogP contribution in [0.1, 0.15) is 88.0 Å². The van der Waals surface area contributed by atoms with Crippen LogP contribution in [-0.4, -0.2) is 120 Å². The molecule has 12 heteroatoms. The van der Waals surface area contributed by atoms with Gasteiger partial charge in [-0.3, -0.25) is 9.59 Å². The molecule has 3 aliphatic rings. The Kier molecular flexibility index (Phi) is 17.1. The van der Waals surface area contributed by atoms with Gasteiger partial charge < -0.3 is 48.7 Å². The first kappa shape index (κ1) is 44.4. The molecular weight excluding hydrogens is 670 g/mol. The molecule has 3 aliphatic heterocycles. The molecule has 2 saturated heterocycles. The topological polar surface area (TPSA) is 161 Å². The highest BCUT2D eigenvalue weighted by atomic mass is 16.7. The predicted octanol–water partition coefficient (Wildman–Crippen LogP) is 4.08. The minimum absolute atomic E-state index is 0.0431. The summed E-state index contributed by atoms with van der Waals surface area (Å²) in [5, 5.41) is 33.0. The molecule has 0 aliphatic carbocycles. The number of rotatable bonds is 9. The van der Waals surface area contributed by atoms with Crippen LogP contribution in [0.5, 0.6) is 0 Å². The Bertz CT molecular complexity index is 1220. The first-order valence-corrected chi connectivity index (χ1v) is 19.2. The summed E-state index contributed by atoms with van der Waals surface area (Å²) in [6, 6.07) is -0.282. The maximum absolute atomic E-state index is 13.5. The Morgan fingerprint density at radius 1 is 0.885 bits per heavy atom. The van der Waals surface area contributed by atoms with E-state index in [4.69, 9.17) is 23.7 Å². The summed E-state index contributed by atoms with van der Waals surface area (Å²) < 4.78 is 31.2. The maximum atomic E-state index is 13.5. The van der Waals surface area contributed by atoms with E-state index in [9.17, 15) is 29.7 Å². The molecule has 0 saturated carbocycles. The fraction of sp³-hybridized carbons (Fsp3) is 0.825. The van der Waals surface area contributed by atoms with E-state index in [1.165, 1.54) is 6.08 Å². The number of nitrogens with zero attached hydrogens (tertiary/aromatic N) is 1. The number of esters is 1. The van der Waals surface area contributed by atoms with Crippen molar-refractivity contribution in [3.05, 3.63) is 23.8 Å². The van der Waals surface area contributed by atoms with Crippen molar-refractivity contribution < 1.29 is 53.4 Å². The summed E-state index contributed by atoms with van der Waals surface area (Å²) in [5.74, 6) is -3.13. The van der Waals surface area contributed by atoms with Crippen LogP contribution in [0.15, 0.2) is 23.8 Å². The highest BCUT2D eigenvalue weighted by Gasteiger charge is 2.46. The summed E-state index contributed by atoms with van der Waals surface area (Å²) in [4.78, 5) is 41.1. The van der Waals surface area contributed by atoms with Crippen molar-refractivity contribution in [2.45, 2.75) is 149 Å². The van der Waals surface area contributed by atoms with Crippen molar-refractivity contribution in [1.29, 1.82) is 0 Å². The molecule has 52 heavy (non-hydrogen) atoms. The van der Waals surface area contributed by atoms with Gasteiger partial charge in [0.05, 0.1) is 49.7 Å². The first-order valence-electron chi connectivity index (χ1n) is 19.2. The second kappa shape index (κ2) is 20.0. The summed E-state index contributed by atoms with van der Waals surface area (Å²) in [7, 11) is 3.76. The lowest BCUT2D eigenvalue weighted by Crippen LogP contribution is -2.59. The van der Waals surface area contributed by atoms with Crippen LogP contribution in [0.2, 0.25) is 0 Å². The molecule has 2 fully saturated rings. The van der Waals surface area contributed by atoms with Crippen molar-refractivity contribution in [2.24, 2.45) is 41.4 Å². The molecule has 17 atom stereocenters. The number of aliphatic hydroxyl groups excluding tert-OH is 3. The van der Waals surface area contributed by atoms with Gasteiger partial charge in [0.25, 0.3) is 0 Å². The number of likely N-dealkylation sites (N-methyl/N-ethyl adjacent to an activating group) is 1. The van der Waals surface area contributed by atoms with Gasteiger partial charge in [-0.25, -0.2) is 0 Å². The average Bonchev–Trinajstić information content (AvgIpc) is 3.08. The average molecular weight is 738 g/mol. The van der Waals surface area contributed by atoms with Crippen LogP contribution in [0, 0.1) is 41.4 Å². The first-order chi connectivity index (χ1) is 24.4. The lowest BCUT2D eigenvalue weighted by Gasteiger charge is -2.47. The van der Waals surface area contributed by atoms with Crippen LogP contribution in [0.25, 0.3) is 0 Å². The number of hydrogen-bond donors (Lipinski definition) is 3. The van der Waals surface area contributed by atoms with Gasteiger partial charge in [-0.2, -0.15) is 0 Å². The van der Waals surface area contributed by atoms with Crippen molar-refractivity contribution in [3.8, 4) is 0 Å². The van der Waals surface area contributed by atoms with E-state index in [1.807, 2.05) is 73.5 Å². The van der Waals surface area contributed by atoms with E-state index < -0.39 is 84.9 Å². The van der Waals surface area contributed by atoms with Gasteiger partial charge in [0.2, 0.25) is 0 Å². The van der Waals surface area contributed by atoms with Crippen molar-refractivity contribution >= 4 is 18.0 Å². The Morgan fingerprint density at radius 2 is 1.52 bits per heavy atom. The Morgan fingerprint density at radius 3 is 2.13 bits per heavy atom. The number of carbonyl (C=O) groups excluding carboxylic acids is 3. The third-order valence-electron chi connectivity index (χ3n) is 11.8. The fourth-order valence-electron chi connectivity index (χ4n) is 8.07.